The lowest BCUT2D eigenvalue weighted by Gasteiger charge is -2.23. The Morgan fingerprint density at radius 1 is 1.53 bits per heavy atom. The molecule has 0 heterocycles. The number of unbranched alkanes of at least 4 members (excludes halogenated alkanes) is 1. The highest BCUT2D eigenvalue weighted by molar-refractivity contribution is 5.88. The van der Waals surface area contributed by atoms with Gasteiger partial charge in [-0.2, -0.15) is 5.26 Å². The molecule has 1 aliphatic rings. The number of aliphatic hydroxyl groups excluding tert-OH is 1. The van der Waals surface area contributed by atoms with Crippen molar-refractivity contribution in [2.24, 2.45) is 5.41 Å². The Hall–Kier alpha value is -1.08. The Morgan fingerprint density at radius 3 is 2.60 bits per heavy atom. The second-order valence-electron chi connectivity index (χ2n) is 4.06. The summed E-state index contributed by atoms with van der Waals surface area (Å²) in [7, 11) is 0. The predicted octanol–water partition coefficient (Wildman–Crippen LogP) is 0.911. The van der Waals surface area contributed by atoms with Gasteiger partial charge in [-0.3, -0.25) is 4.79 Å². The fourth-order valence-corrected chi connectivity index (χ4v) is 1.59. The van der Waals surface area contributed by atoms with Gasteiger partial charge in [0, 0.05) is 13.1 Å². The van der Waals surface area contributed by atoms with Crippen molar-refractivity contribution in [2.45, 2.75) is 32.6 Å². The van der Waals surface area contributed by atoms with Gasteiger partial charge in [0.05, 0.1) is 12.7 Å². The molecule has 0 radical (unpaired) electrons. The highest BCUT2D eigenvalue weighted by Crippen LogP contribution is 2.46. The van der Waals surface area contributed by atoms with E-state index in [0.717, 1.165) is 12.8 Å². The van der Waals surface area contributed by atoms with Crippen molar-refractivity contribution < 1.29 is 9.90 Å². The number of rotatable bonds is 6. The lowest BCUT2D eigenvalue weighted by atomic mass is 10.1. The van der Waals surface area contributed by atoms with Crippen molar-refractivity contribution in [2.75, 3.05) is 19.7 Å². The van der Waals surface area contributed by atoms with Gasteiger partial charge in [-0.25, -0.2) is 0 Å². The van der Waals surface area contributed by atoms with Gasteiger partial charge in [0.15, 0.2) is 0 Å². The summed E-state index contributed by atoms with van der Waals surface area (Å²) in [5, 5.41) is 17.8. The fraction of sp³-hybridized carbons (Fsp3) is 0.818. The zero-order valence-corrected chi connectivity index (χ0v) is 9.20. The van der Waals surface area contributed by atoms with E-state index in [2.05, 4.69) is 13.0 Å². The maximum atomic E-state index is 11.9. The highest BCUT2D eigenvalue weighted by atomic mass is 16.3. The second kappa shape index (κ2) is 5.13. The third-order valence-corrected chi connectivity index (χ3v) is 2.81. The summed E-state index contributed by atoms with van der Waals surface area (Å²) >= 11 is 0. The van der Waals surface area contributed by atoms with Crippen LogP contribution in [0, 0.1) is 16.7 Å². The average molecular weight is 210 g/mol. The molecule has 4 heteroatoms. The monoisotopic (exact) mass is 210 g/mol. The molecule has 1 N–H and O–H groups in total. The van der Waals surface area contributed by atoms with Crippen LogP contribution in [0.5, 0.6) is 0 Å². The normalized spacial score (nSPS) is 16.9. The van der Waals surface area contributed by atoms with E-state index in [9.17, 15) is 4.79 Å². The van der Waals surface area contributed by atoms with Gasteiger partial charge in [-0.05, 0) is 19.3 Å². The van der Waals surface area contributed by atoms with Gasteiger partial charge >= 0.3 is 0 Å². The summed E-state index contributed by atoms with van der Waals surface area (Å²) in [6.07, 6.45) is 3.29. The molecular weight excluding hydrogens is 192 g/mol. The molecule has 0 aromatic rings. The van der Waals surface area contributed by atoms with Crippen molar-refractivity contribution in [3.63, 3.8) is 0 Å². The molecule has 0 saturated heterocycles. The largest absolute Gasteiger partial charge is 0.395 e. The van der Waals surface area contributed by atoms with Crippen LogP contribution in [-0.2, 0) is 4.79 Å². The van der Waals surface area contributed by atoms with Crippen LogP contribution in [0.3, 0.4) is 0 Å². The van der Waals surface area contributed by atoms with Crippen molar-refractivity contribution in [1.82, 2.24) is 4.90 Å². The van der Waals surface area contributed by atoms with Crippen LogP contribution >= 0.6 is 0 Å². The summed E-state index contributed by atoms with van der Waals surface area (Å²) in [5.74, 6) is -0.0903. The molecule has 1 saturated carbocycles. The Morgan fingerprint density at radius 2 is 2.20 bits per heavy atom. The quantitative estimate of drug-likeness (QED) is 0.708. The SMILES string of the molecule is CCCCN(CCO)C(=O)C1(C#N)CC1. The van der Waals surface area contributed by atoms with Crippen LogP contribution in [0.2, 0.25) is 0 Å². The van der Waals surface area contributed by atoms with Crippen LogP contribution in [0.25, 0.3) is 0 Å². The first-order valence-corrected chi connectivity index (χ1v) is 5.51. The van der Waals surface area contributed by atoms with E-state index in [4.69, 9.17) is 10.4 Å². The van der Waals surface area contributed by atoms with Gasteiger partial charge in [0.25, 0.3) is 0 Å². The van der Waals surface area contributed by atoms with Gasteiger partial charge in [0.2, 0.25) is 5.91 Å². The minimum Gasteiger partial charge on any atom is -0.395 e. The number of nitrogens with zero attached hydrogens (tertiary/aromatic N) is 2. The lowest BCUT2D eigenvalue weighted by Crippen LogP contribution is -2.39. The van der Waals surface area contributed by atoms with E-state index in [1.165, 1.54) is 0 Å². The van der Waals surface area contributed by atoms with Crippen LogP contribution in [0.1, 0.15) is 32.6 Å². The maximum absolute atomic E-state index is 11.9. The number of amides is 1. The van der Waals surface area contributed by atoms with E-state index in [1.54, 1.807) is 4.90 Å². The van der Waals surface area contributed by atoms with Crippen molar-refractivity contribution in [3.8, 4) is 6.07 Å². The second-order valence-corrected chi connectivity index (χ2v) is 4.06. The third-order valence-electron chi connectivity index (χ3n) is 2.81. The molecule has 1 fully saturated rings. The first kappa shape index (κ1) is 12.0. The van der Waals surface area contributed by atoms with E-state index in [-0.39, 0.29) is 12.5 Å². The molecule has 1 aliphatic carbocycles. The number of aliphatic hydroxyl groups is 1. The van der Waals surface area contributed by atoms with Gasteiger partial charge < -0.3 is 10.0 Å². The molecule has 0 bridgehead atoms. The molecule has 0 spiro atoms. The number of hydrogen-bond acceptors (Lipinski definition) is 3. The first-order valence-electron chi connectivity index (χ1n) is 5.51. The Bertz CT molecular complexity index is 266. The number of nitriles is 1. The number of hydrogen-bond donors (Lipinski definition) is 1. The van der Waals surface area contributed by atoms with E-state index in [0.29, 0.717) is 25.9 Å². The Kier molecular flexibility index (Phi) is 4.10. The average Bonchev–Trinajstić information content (AvgIpc) is 3.04. The van der Waals surface area contributed by atoms with Crippen molar-refractivity contribution in [3.05, 3.63) is 0 Å². The summed E-state index contributed by atoms with van der Waals surface area (Å²) in [6, 6.07) is 2.09. The van der Waals surface area contributed by atoms with E-state index < -0.39 is 5.41 Å². The summed E-state index contributed by atoms with van der Waals surface area (Å²) < 4.78 is 0. The third kappa shape index (κ3) is 2.69. The molecule has 1 rings (SSSR count). The van der Waals surface area contributed by atoms with Crippen LogP contribution in [-0.4, -0.2) is 35.6 Å². The highest BCUT2D eigenvalue weighted by Gasteiger charge is 2.52. The molecule has 84 valence electrons. The summed E-state index contributed by atoms with van der Waals surface area (Å²) in [4.78, 5) is 13.6. The molecule has 15 heavy (non-hydrogen) atoms. The predicted molar refractivity (Wildman–Crippen MR) is 55.9 cm³/mol. The molecule has 0 unspecified atom stereocenters. The number of carbonyl (C=O) groups is 1. The van der Waals surface area contributed by atoms with Crippen LogP contribution in [0.15, 0.2) is 0 Å². The Labute approximate surface area is 90.5 Å². The molecule has 0 atom stereocenters. The van der Waals surface area contributed by atoms with Gasteiger partial charge in [-0.15, -0.1) is 0 Å². The minimum atomic E-state index is -0.747. The molecule has 0 aliphatic heterocycles. The van der Waals surface area contributed by atoms with Crippen molar-refractivity contribution in [1.29, 1.82) is 5.26 Å². The fourth-order valence-electron chi connectivity index (χ4n) is 1.59. The molecule has 0 aromatic heterocycles. The first-order chi connectivity index (χ1) is 7.20. The maximum Gasteiger partial charge on any atom is 0.243 e. The summed E-state index contributed by atoms with van der Waals surface area (Å²) in [5.41, 5.74) is -0.747. The standard InChI is InChI=1S/C11H18N2O2/c1-2-3-6-13(7-8-14)10(15)11(9-12)4-5-11/h14H,2-8H2,1H3. The Balaban J connectivity index is 2.55. The summed E-state index contributed by atoms with van der Waals surface area (Å²) in [6.45, 7) is 3.03. The van der Waals surface area contributed by atoms with Crippen LogP contribution in [0.4, 0.5) is 0 Å². The van der Waals surface area contributed by atoms with Gasteiger partial charge in [-0.1, -0.05) is 13.3 Å². The van der Waals surface area contributed by atoms with E-state index >= 15 is 0 Å². The lowest BCUT2D eigenvalue weighted by molar-refractivity contribution is -0.135. The molecular formula is C11H18N2O2. The van der Waals surface area contributed by atoms with Gasteiger partial charge in [0.1, 0.15) is 5.41 Å². The minimum absolute atomic E-state index is 0.0308. The zero-order chi connectivity index (χ0) is 11.3. The van der Waals surface area contributed by atoms with Crippen LogP contribution < -0.4 is 0 Å². The molecule has 1 amide bonds. The van der Waals surface area contributed by atoms with E-state index in [1.807, 2.05) is 0 Å². The van der Waals surface area contributed by atoms with Crippen molar-refractivity contribution >= 4 is 5.91 Å². The number of carbonyl (C=O) groups excluding carboxylic acids is 1. The topological polar surface area (TPSA) is 64.3 Å². The molecule has 0 aromatic carbocycles. The smallest absolute Gasteiger partial charge is 0.243 e. The molecule has 4 nitrogen and oxygen atoms in total. The zero-order valence-electron chi connectivity index (χ0n) is 9.20.